The number of nitrogens with zero attached hydrogens (tertiary/aromatic N) is 1. The molecule has 0 radical (unpaired) electrons. The van der Waals surface area contributed by atoms with E-state index >= 15 is 0 Å². The first-order valence-corrected chi connectivity index (χ1v) is 10.5. The van der Waals surface area contributed by atoms with E-state index in [1.807, 2.05) is 7.05 Å². The van der Waals surface area contributed by atoms with Crippen LogP contribution < -0.4 is 5.30 Å². The first-order valence-electron chi connectivity index (χ1n) is 9.55. The molecule has 0 saturated heterocycles. The maximum absolute atomic E-state index is 4.68. The first kappa shape index (κ1) is 19.5. The van der Waals surface area contributed by atoms with Crippen LogP contribution in [0.15, 0.2) is 83.9 Å². The number of aliphatic imine (C=N–C) groups is 1. The van der Waals surface area contributed by atoms with E-state index in [0.29, 0.717) is 8.58 Å². The van der Waals surface area contributed by atoms with Gasteiger partial charge in [0.25, 0.3) is 0 Å². The molecule has 0 fully saturated rings. The smallest absolute Gasteiger partial charge is 0.0721 e. The summed E-state index contributed by atoms with van der Waals surface area (Å²) in [6.45, 7) is 6.91. The monoisotopic (exact) mass is 373 g/mol. The average Bonchev–Trinajstić information content (AvgIpc) is 2.72. The zero-order valence-corrected chi connectivity index (χ0v) is 17.7. The minimum absolute atomic E-state index is 0.123. The van der Waals surface area contributed by atoms with Gasteiger partial charge in [-0.3, -0.25) is 4.99 Å². The molecule has 3 aromatic carbocycles. The van der Waals surface area contributed by atoms with Crippen LogP contribution in [0.3, 0.4) is 0 Å². The first-order chi connectivity index (χ1) is 13.1. The molecule has 3 rings (SSSR count). The molecule has 0 aromatic heterocycles. The molecule has 0 aliphatic rings. The van der Waals surface area contributed by atoms with Crippen molar-refractivity contribution in [3.8, 4) is 0 Å². The lowest BCUT2D eigenvalue weighted by molar-refractivity contribution is 0.660. The normalized spacial score (nSPS) is 14.4. The quantitative estimate of drug-likeness (QED) is 0.366. The highest BCUT2D eigenvalue weighted by molar-refractivity contribution is 7.49. The molecular formula is C25H28NP. The van der Waals surface area contributed by atoms with Crippen LogP contribution in [0.5, 0.6) is 0 Å². The summed E-state index contributed by atoms with van der Waals surface area (Å²) in [5.74, 6) is 0. The van der Waals surface area contributed by atoms with Gasteiger partial charge in [-0.1, -0.05) is 101 Å². The Bertz CT molecular complexity index is 916. The predicted molar refractivity (Wildman–Crippen MR) is 121 cm³/mol. The van der Waals surface area contributed by atoms with Crippen molar-refractivity contribution in [1.82, 2.24) is 0 Å². The van der Waals surface area contributed by atoms with Crippen LogP contribution in [-0.4, -0.2) is 12.8 Å². The predicted octanol–water partition coefficient (Wildman–Crippen LogP) is 6.09. The van der Waals surface area contributed by atoms with Crippen LogP contribution in [0.25, 0.3) is 0 Å². The van der Waals surface area contributed by atoms with Gasteiger partial charge in [-0.2, -0.15) is 0 Å². The molecular weight excluding hydrogens is 345 g/mol. The maximum Gasteiger partial charge on any atom is 0.0721 e. The molecule has 2 heteroatoms. The van der Waals surface area contributed by atoms with Gasteiger partial charge in [0.1, 0.15) is 0 Å². The molecule has 0 saturated carbocycles. The van der Waals surface area contributed by atoms with Crippen LogP contribution in [0.4, 0.5) is 0 Å². The SMILES string of the molecule is CCC(C)(Pc1c(C)cccc1C(=NC)c1ccccc1)c1ccccc1. The van der Waals surface area contributed by atoms with E-state index in [9.17, 15) is 0 Å². The van der Waals surface area contributed by atoms with Crippen molar-refractivity contribution in [2.75, 3.05) is 7.05 Å². The number of rotatable bonds is 6. The average molecular weight is 373 g/mol. The molecule has 2 unspecified atom stereocenters. The summed E-state index contributed by atoms with van der Waals surface area (Å²) in [5.41, 5.74) is 6.27. The third-order valence-corrected chi connectivity index (χ3v) is 7.43. The van der Waals surface area contributed by atoms with Crippen LogP contribution in [-0.2, 0) is 5.16 Å². The second-order valence-electron chi connectivity index (χ2n) is 7.11. The van der Waals surface area contributed by atoms with Crippen LogP contribution in [0, 0.1) is 6.92 Å². The summed E-state index contributed by atoms with van der Waals surface area (Å²) in [5, 5.41) is 1.55. The summed E-state index contributed by atoms with van der Waals surface area (Å²) in [6, 6.07) is 28.0. The van der Waals surface area contributed by atoms with Gasteiger partial charge in [0.15, 0.2) is 0 Å². The lowest BCUT2D eigenvalue weighted by Crippen LogP contribution is -2.23. The van der Waals surface area contributed by atoms with E-state index < -0.39 is 0 Å². The largest absolute Gasteiger partial charge is 0.287 e. The van der Waals surface area contributed by atoms with E-state index in [-0.39, 0.29) is 5.16 Å². The lowest BCUT2D eigenvalue weighted by atomic mass is 9.97. The fourth-order valence-corrected chi connectivity index (χ4v) is 5.14. The molecule has 2 atom stereocenters. The molecule has 0 N–H and O–H groups in total. The maximum atomic E-state index is 4.68. The Labute approximate surface area is 165 Å². The third kappa shape index (κ3) is 4.20. The van der Waals surface area contributed by atoms with Crippen molar-refractivity contribution in [2.24, 2.45) is 4.99 Å². The van der Waals surface area contributed by atoms with Crippen LogP contribution in [0.2, 0.25) is 0 Å². The number of hydrogen-bond acceptors (Lipinski definition) is 1. The van der Waals surface area contributed by atoms with Gasteiger partial charge in [0.05, 0.1) is 5.71 Å². The van der Waals surface area contributed by atoms with E-state index in [1.165, 1.54) is 27.6 Å². The van der Waals surface area contributed by atoms with E-state index in [4.69, 9.17) is 0 Å². The molecule has 0 aliphatic heterocycles. The van der Waals surface area contributed by atoms with Crippen molar-refractivity contribution in [3.63, 3.8) is 0 Å². The Hall–Kier alpha value is -2.24. The number of hydrogen-bond donors (Lipinski definition) is 0. The summed E-state index contributed by atoms with van der Waals surface area (Å²) in [7, 11) is 2.58. The third-order valence-electron chi connectivity index (χ3n) is 5.32. The van der Waals surface area contributed by atoms with Crippen molar-refractivity contribution >= 4 is 19.6 Å². The highest BCUT2D eigenvalue weighted by atomic mass is 31.1. The molecule has 0 aliphatic carbocycles. The van der Waals surface area contributed by atoms with Gasteiger partial charge in [0.2, 0.25) is 0 Å². The highest BCUT2D eigenvalue weighted by Crippen LogP contribution is 2.44. The van der Waals surface area contributed by atoms with Gasteiger partial charge in [0, 0.05) is 23.3 Å². The summed E-state index contributed by atoms with van der Waals surface area (Å²) >= 11 is 0. The Kier molecular flexibility index (Phi) is 6.24. The summed E-state index contributed by atoms with van der Waals surface area (Å²) in [4.78, 5) is 4.68. The Morgan fingerprint density at radius 2 is 1.52 bits per heavy atom. The second-order valence-corrected chi connectivity index (χ2v) is 8.97. The number of aryl methyl sites for hydroxylation is 1. The second kappa shape index (κ2) is 8.63. The summed E-state index contributed by atoms with van der Waals surface area (Å²) < 4.78 is 0. The molecule has 0 heterocycles. The van der Waals surface area contributed by atoms with Crippen molar-refractivity contribution in [1.29, 1.82) is 0 Å². The van der Waals surface area contributed by atoms with Gasteiger partial charge in [-0.05, 0) is 29.8 Å². The molecule has 3 aromatic rings. The highest BCUT2D eigenvalue weighted by Gasteiger charge is 2.27. The van der Waals surface area contributed by atoms with Crippen LogP contribution in [0.1, 0.15) is 42.5 Å². The van der Waals surface area contributed by atoms with Crippen LogP contribution >= 0.6 is 8.58 Å². The molecule has 0 bridgehead atoms. The summed E-state index contributed by atoms with van der Waals surface area (Å²) in [6.07, 6.45) is 1.10. The molecule has 138 valence electrons. The van der Waals surface area contributed by atoms with Gasteiger partial charge >= 0.3 is 0 Å². The zero-order valence-electron chi connectivity index (χ0n) is 16.7. The fraction of sp³-hybridized carbons (Fsp3) is 0.240. The molecule has 0 amide bonds. The van der Waals surface area contributed by atoms with E-state index in [1.54, 1.807) is 0 Å². The van der Waals surface area contributed by atoms with Gasteiger partial charge in [-0.25, -0.2) is 0 Å². The zero-order chi connectivity index (χ0) is 19.3. The molecule has 27 heavy (non-hydrogen) atoms. The topological polar surface area (TPSA) is 12.4 Å². The molecule has 1 nitrogen and oxygen atoms in total. The van der Waals surface area contributed by atoms with Crippen molar-refractivity contribution < 1.29 is 0 Å². The molecule has 0 spiro atoms. The van der Waals surface area contributed by atoms with E-state index in [0.717, 1.165) is 12.1 Å². The Balaban J connectivity index is 2.09. The fourth-order valence-electron chi connectivity index (χ4n) is 3.48. The van der Waals surface area contributed by atoms with Gasteiger partial charge in [-0.15, -0.1) is 0 Å². The van der Waals surface area contributed by atoms with E-state index in [2.05, 4.69) is 105 Å². The van der Waals surface area contributed by atoms with Gasteiger partial charge < -0.3 is 0 Å². The Morgan fingerprint density at radius 3 is 2.11 bits per heavy atom. The number of benzene rings is 3. The van der Waals surface area contributed by atoms with Crippen molar-refractivity contribution in [3.05, 3.63) is 101 Å². The Morgan fingerprint density at radius 1 is 0.889 bits per heavy atom. The van der Waals surface area contributed by atoms with Crippen molar-refractivity contribution in [2.45, 2.75) is 32.3 Å². The minimum Gasteiger partial charge on any atom is -0.287 e. The minimum atomic E-state index is 0.123. The lowest BCUT2D eigenvalue weighted by Gasteiger charge is -2.31. The standard InChI is InChI=1S/C25H28NP/c1-5-25(3,21-16-10-7-11-17-21)27-24-19(2)13-12-18-22(24)23(26-4)20-14-8-6-9-15-20/h6-18,27H,5H2,1-4H3.